The topological polar surface area (TPSA) is 42.4 Å². The number of carbonyl (C=O) groups excluding carboxylic acids is 1. The molecule has 16 heavy (non-hydrogen) atoms. The fraction of sp³-hybridized carbons (Fsp3) is 0.500. The Hall–Kier alpha value is -1.42. The van der Waals surface area contributed by atoms with Gasteiger partial charge < -0.3 is 9.64 Å². The van der Waals surface area contributed by atoms with Crippen LogP contribution < -0.4 is 4.74 Å². The first-order valence-electron chi connectivity index (χ1n) is 5.34. The summed E-state index contributed by atoms with van der Waals surface area (Å²) in [5.74, 6) is 0.593. The molecule has 1 aromatic heterocycles. The van der Waals surface area contributed by atoms with E-state index in [1.54, 1.807) is 18.3 Å². The van der Waals surface area contributed by atoms with Gasteiger partial charge >= 0.3 is 0 Å². The molecule has 1 rings (SSSR count). The Labute approximate surface area is 96.2 Å². The van der Waals surface area contributed by atoms with E-state index in [0.717, 1.165) is 13.0 Å². The summed E-state index contributed by atoms with van der Waals surface area (Å²) in [5.41, 5.74) is 0.612. The van der Waals surface area contributed by atoms with Crippen molar-refractivity contribution in [3.05, 3.63) is 23.9 Å². The molecule has 0 atom stereocenters. The molecule has 0 aromatic carbocycles. The summed E-state index contributed by atoms with van der Waals surface area (Å²) in [7, 11) is 4.06. The zero-order valence-electron chi connectivity index (χ0n) is 10.1. The summed E-state index contributed by atoms with van der Waals surface area (Å²) >= 11 is 0. The second kappa shape index (κ2) is 6.23. The van der Waals surface area contributed by atoms with Gasteiger partial charge in [0, 0.05) is 24.4 Å². The number of pyridine rings is 1. The monoisotopic (exact) mass is 222 g/mol. The van der Waals surface area contributed by atoms with Crippen LogP contribution in [0.1, 0.15) is 23.7 Å². The number of carbonyl (C=O) groups is 1. The maximum Gasteiger partial charge on any atom is 0.213 e. The van der Waals surface area contributed by atoms with E-state index < -0.39 is 0 Å². The zero-order valence-corrected chi connectivity index (χ0v) is 10.1. The average molecular weight is 222 g/mol. The Balaban J connectivity index is 2.35. The second-order valence-electron chi connectivity index (χ2n) is 3.95. The molecular weight excluding hydrogens is 204 g/mol. The van der Waals surface area contributed by atoms with E-state index in [0.29, 0.717) is 18.1 Å². The first-order chi connectivity index (χ1) is 7.59. The van der Waals surface area contributed by atoms with Crippen LogP contribution in [0.3, 0.4) is 0 Å². The Morgan fingerprint density at radius 3 is 2.69 bits per heavy atom. The van der Waals surface area contributed by atoms with Crippen LogP contribution >= 0.6 is 0 Å². The van der Waals surface area contributed by atoms with E-state index in [4.69, 9.17) is 4.74 Å². The van der Waals surface area contributed by atoms with E-state index in [9.17, 15) is 4.79 Å². The van der Waals surface area contributed by atoms with Gasteiger partial charge in [0.25, 0.3) is 0 Å². The lowest BCUT2D eigenvalue weighted by Crippen LogP contribution is -2.15. The SMILES string of the molecule is CC(=O)c1ccc(OCCCN(C)C)nc1. The summed E-state index contributed by atoms with van der Waals surface area (Å²) in [6.45, 7) is 3.16. The van der Waals surface area contributed by atoms with Gasteiger partial charge in [-0.15, -0.1) is 0 Å². The van der Waals surface area contributed by atoms with Gasteiger partial charge in [-0.05, 0) is 33.5 Å². The van der Waals surface area contributed by atoms with Crippen molar-refractivity contribution in [2.45, 2.75) is 13.3 Å². The highest BCUT2D eigenvalue weighted by atomic mass is 16.5. The molecule has 88 valence electrons. The molecule has 1 heterocycles. The van der Waals surface area contributed by atoms with E-state index >= 15 is 0 Å². The fourth-order valence-electron chi connectivity index (χ4n) is 1.23. The molecule has 0 aliphatic carbocycles. The molecule has 0 aliphatic rings. The highest BCUT2D eigenvalue weighted by Crippen LogP contribution is 2.08. The first-order valence-corrected chi connectivity index (χ1v) is 5.34. The van der Waals surface area contributed by atoms with Crippen molar-refractivity contribution in [1.82, 2.24) is 9.88 Å². The van der Waals surface area contributed by atoms with Gasteiger partial charge in [-0.1, -0.05) is 0 Å². The van der Waals surface area contributed by atoms with Gasteiger partial charge in [0.2, 0.25) is 5.88 Å². The largest absolute Gasteiger partial charge is 0.478 e. The Morgan fingerprint density at radius 1 is 1.44 bits per heavy atom. The van der Waals surface area contributed by atoms with Crippen molar-refractivity contribution in [2.75, 3.05) is 27.2 Å². The lowest BCUT2D eigenvalue weighted by Gasteiger charge is -2.09. The zero-order chi connectivity index (χ0) is 12.0. The maximum atomic E-state index is 11.0. The highest BCUT2D eigenvalue weighted by molar-refractivity contribution is 5.93. The molecule has 0 spiro atoms. The molecule has 4 nitrogen and oxygen atoms in total. The second-order valence-corrected chi connectivity index (χ2v) is 3.95. The third kappa shape index (κ3) is 4.40. The van der Waals surface area contributed by atoms with Gasteiger partial charge in [-0.2, -0.15) is 0 Å². The van der Waals surface area contributed by atoms with Crippen LogP contribution in [0.5, 0.6) is 5.88 Å². The molecule has 0 saturated heterocycles. The minimum Gasteiger partial charge on any atom is -0.478 e. The van der Waals surface area contributed by atoms with Crippen LogP contribution in [-0.4, -0.2) is 42.9 Å². The summed E-state index contributed by atoms with van der Waals surface area (Å²) in [6.07, 6.45) is 2.51. The minimum absolute atomic E-state index is 0.0201. The molecule has 0 saturated carbocycles. The molecule has 0 amide bonds. The van der Waals surface area contributed by atoms with Crippen molar-refractivity contribution < 1.29 is 9.53 Å². The van der Waals surface area contributed by atoms with Crippen LogP contribution in [0.25, 0.3) is 0 Å². The number of ketones is 1. The molecule has 0 bridgehead atoms. The normalized spacial score (nSPS) is 10.5. The van der Waals surface area contributed by atoms with Gasteiger partial charge in [-0.25, -0.2) is 4.98 Å². The van der Waals surface area contributed by atoms with Crippen molar-refractivity contribution in [3.63, 3.8) is 0 Å². The first kappa shape index (κ1) is 12.6. The standard InChI is InChI=1S/C12H18N2O2/c1-10(15)11-5-6-12(13-9-11)16-8-4-7-14(2)3/h5-6,9H,4,7-8H2,1-3H3. The average Bonchev–Trinajstić information content (AvgIpc) is 2.25. The number of nitrogens with zero attached hydrogens (tertiary/aromatic N) is 2. The van der Waals surface area contributed by atoms with Crippen LogP contribution in [-0.2, 0) is 0 Å². The molecule has 0 aliphatic heterocycles. The van der Waals surface area contributed by atoms with Crippen LogP contribution in [0.4, 0.5) is 0 Å². The number of aromatic nitrogens is 1. The third-order valence-electron chi connectivity index (χ3n) is 2.14. The molecule has 4 heteroatoms. The maximum absolute atomic E-state index is 11.0. The number of ether oxygens (including phenoxy) is 1. The molecule has 1 aromatic rings. The fourth-order valence-corrected chi connectivity index (χ4v) is 1.23. The van der Waals surface area contributed by atoms with Gasteiger partial charge in [0.05, 0.1) is 6.61 Å². The van der Waals surface area contributed by atoms with Gasteiger partial charge in [0.1, 0.15) is 0 Å². The smallest absolute Gasteiger partial charge is 0.213 e. The van der Waals surface area contributed by atoms with E-state index in [2.05, 4.69) is 9.88 Å². The van der Waals surface area contributed by atoms with Crippen LogP contribution in [0, 0.1) is 0 Å². The molecular formula is C12H18N2O2. The van der Waals surface area contributed by atoms with E-state index in [1.165, 1.54) is 6.92 Å². The Bertz CT molecular complexity index is 333. The summed E-state index contributed by atoms with van der Waals surface area (Å²) in [6, 6.07) is 3.46. The highest BCUT2D eigenvalue weighted by Gasteiger charge is 2.00. The predicted molar refractivity (Wildman–Crippen MR) is 62.9 cm³/mol. The van der Waals surface area contributed by atoms with E-state index in [1.807, 2.05) is 14.1 Å². The van der Waals surface area contributed by atoms with Crippen molar-refractivity contribution in [3.8, 4) is 5.88 Å². The molecule has 0 fully saturated rings. The predicted octanol–water partition coefficient (Wildman–Crippen LogP) is 1.61. The van der Waals surface area contributed by atoms with Crippen molar-refractivity contribution in [2.24, 2.45) is 0 Å². The number of rotatable bonds is 6. The summed E-state index contributed by atoms with van der Waals surface area (Å²) in [5, 5.41) is 0. The number of Topliss-reactive ketones (excluding diaryl/α,β-unsaturated/α-hetero) is 1. The Kier molecular flexibility index (Phi) is 4.92. The van der Waals surface area contributed by atoms with E-state index in [-0.39, 0.29) is 5.78 Å². The minimum atomic E-state index is 0.0201. The van der Waals surface area contributed by atoms with Crippen LogP contribution in [0.15, 0.2) is 18.3 Å². The molecule has 0 radical (unpaired) electrons. The molecule has 0 unspecified atom stereocenters. The van der Waals surface area contributed by atoms with Gasteiger partial charge in [0.15, 0.2) is 5.78 Å². The van der Waals surface area contributed by atoms with Gasteiger partial charge in [-0.3, -0.25) is 4.79 Å². The lowest BCUT2D eigenvalue weighted by atomic mass is 10.2. The quantitative estimate of drug-likeness (QED) is 0.542. The van der Waals surface area contributed by atoms with Crippen molar-refractivity contribution >= 4 is 5.78 Å². The summed E-state index contributed by atoms with van der Waals surface area (Å²) in [4.78, 5) is 17.2. The van der Waals surface area contributed by atoms with Crippen LogP contribution in [0.2, 0.25) is 0 Å². The lowest BCUT2D eigenvalue weighted by molar-refractivity contribution is 0.101. The van der Waals surface area contributed by atoms with Crippen molar-refractivity contribution in [1.29, 1.82) is 0 Å². The third-order valence-corrected chi connectivity index (χ3v) is 2.14. The number of hydrogen-bond acceptors (Lipinski definition) is 4. The number of hydrogen-bond donors (Lipinski definition) is 0. The Morgan fingerprint density at radius 2 is 2.19 bits per heavy atom. The summed E-state index contributed by atoms with van der Waals surface area (Å²) < 4.78 is 5.44. The molecule has 0 N–H and O–H groups in total.